The summed E-state index contributed by atoms with van der Waals surface area (Å²) in [6.07, 6.45) is 25.2. The summed E-state index contributed by atoms with van der Waals surface area (Å²) in [6, 6.07) is 0. The number of carbonyl (C=O) groups excluding carboxylic acids is 1. The molecule has 0 bridgehead atoms. The molecule has 0 aromatic rings. The van der Waals surface area contributed by atoms with E-state index in [0.717, 1.165) is 31.1 Å². The third kappa shape index (κ3) is 15.4. The number of allylic oxidation sites excluding steroid dienone is 14. The Morgan fingerprint density at radius 3 is 2.31 bits per heavy atom. The normalized spacial score (nSPS) is 18.5. The van der Waals surface area contributed by atoms with Gasteiger partial charge in [0.05, 0.1) is 5.38 Å². The van der Waals surface area contributed by atoms with Crippen LogP contribution in [0.1, 0.15) is 67.7 Å². The van der Waals surface area contributed by atoms with E-state index in [1.54, 1.807) is 0 Å². The third-order valence-electron chi connectivity index (χ3n) is 5.19. The van der Waals surface area contributed by atoms with Crippen LogP contribution in [0.4, 0.5) is 0 Å². The standard InChI is InChI=1S/C29H44ClOP/c1-8-9-10-13-22(2)19-26(6)28(30)17-16-23(3)18-25(5)20-27(7)29(32)15-12-11-14-24(4)21-31/h9-10,12-18,20-21,26-29H,8,11,19,32H2,1-7H3/b10-9+,15-12+,17-16+,22-13+,23-18+,24-14+,25-20+. The lowest BCUT2D eigenvalue weighted by Gasteiger charge is -2.15. The van der Waals surface area contributed by atoms with Gasteiger partial charge in [-0.2, -0.15) is 0 Å². The van der Waals surface area contributed by atoms with Crippen molar-refractivity contribution in [1.82, 2.24) is 0 Å². The average Bonchev–Trinajstić information content (AvgIpc) is 2.74. The zero-order chi connectivity index (χ0) is 24.5. The van der Waals surface area contributed by atoms with Crippen molar-refractivity contribution in [3.8, 4) is 0 Å². The van der Waals surface area contributed by atoms with Crippen LogP contribution in [0.25, 0.3) is 0 Å². The van der Waals surface area contributed by atoms with Crippen molar-refractivity contribution >= 4 is 27.1 Å². The van der Waals surface area contributed by atoms with Gasteiger partial charge in [0.1, 0.15) is 6.29 Å². The average molecular weight is 475 g/mol. The molecule has 0 rings (SSSR count). The Morgan fingerprint density at radius 2 is 1.69 bits per heavy atom. The molecule has 0 aliphatic heterocycles. The SMILES string of the molecule is CC/C=C/C=C(\C)CC(C)C(Cl)/C=C/C(C)=C/C(C)=C/C(C)C(P)/C=C/C/C=C(\C)C=O. The monoisotopic (exact) mass is 474 g/mol. The number of hydrogen-bond donors (Lipinski definition) is 0. The molecule has 3 heteroatoms. The van der Waals surface area contributed by atoms with E-state index in [1.165, 1.54) is 16.7 Å². The minimum atomic E-state index is 0.0125. The van der Waals surface area contributed by atoms with Crippen LogP contribution in [0.15, 0.2) is 83.1 Å². The highest BCUT2D eigenvalue weighted by molar-refractivity contribution is 7.18. The predicted molar refractivity (Wildman–Crippen MR) is 150 cm³/mol. The summed E-state index contributed by atoms with van der Waals surface area (Å²) in [7, 11) is 2.90. The van der Waals surface area contributed by atoms with Gasteiger partial charge in [-0.15, -0.1) is 20.8 Å². The lowest BCUT2D eigenvalue weighted by Crippen LogP contribution is -2.09. The van der Waals surface area contributed by atoms with E-state index in [-0.39, 0.29) is 5.38 Å². The minimum Gasteiger partial charge on any atom is -0.298 e. The second-order valence-electron chi connectivity index (χ2n) is 8.80. The Balaban J connectivity index is 4.84. The van der Waals surface area contributed by atoms with Gasteiger partial charge in [-0.05, 0) is 70.0 Å². The van der Waals surface area contributed by atoms with E-state index in [4.69, 9.17) is 11.6 Å². The van der Waals surface area contributed by atoms with Gasteiger partial charge in [0.2, 0.25) is 0 Å². The summed E-state index contributed by atoms with van der Waals surface area (Å²) in [5.74, 6) is 0.788. The third-order valence-corrected chi connectivity index (χ3v) is 6.60. The zero-order valence-electron chi connectivity index (χ0n) is 21.1. The fourth-order valence-corrected chi connectivity index (χ4v) is 3.61. The lowest BCUT2D eigenvalue weighted by molar-refractivity contribution is -0.104. The fraction of sp³-hybridized carbons (Fsp3) is 0.483. The number of hydrogen-bond acceptors (Lipinski definition) is 1. The molecule has 0 aliphatic rings. The van der Waals surface area contributed by atoms with Crippen molar-refractivity contribution in [3.05, 3.63) is 83.1 Å². The molecule has 0 aromatic carbocycles. The lowest BCUT2D eigenvalue weighted by atomic mass is 9.97. The highest BCUT2D eigenvalue weighted by Gasteiger charge is 2.11. The van der Waals surface area contributed by atoms with Crippen molar-refractivity contribution in [3.63, 3.8) is 0 Å². The molecule has 0 N–H and O–H groups in total. The van der Waals surface area contributed by atoms with E-state index in [9.17, 15) is 4.79 Å². The van der Waals surface area contributed by atoms with Crippen LogP contribution in [0.3, 0.4) is 0 Å². The maximum atomic E-state index is 10.6. The van der Waals surface area contributed by atoms with Crippen molar-refractivity contribution < 1.29 is 4.79 Å². The molecule has 5 atom stereocenters. The van der Waals surface area contributed by atoms with Crippen LogP contribution in [0, 0.1) is 11.8 Å². The number of rotatable bonds is 14. The van der Waals surface area contributed by atoms with Crippen LogP contribution in [-0.4, -0.2) is 17.3 Å². The largest absolute Gasteiger partial charge is 0.298 e. The number of alkyl halides is 1. The molecule has 1 nitrogen and oxygen atoms in total. The Bertz CT molecular complexity index is 764. The molecule has 0 saturated carbocycles. The quantitative estimate of drug-likeness (QED) is 0.0612. The second-order valence-corrected chi connectivity index (χ2v) is 10.1. The van der Waals surface area contributed by atoms with Gasteiger partial charge in [0, 0.05) is 0 Å². The number of carbonyl (C=O) groups is 1. The van der Waals surface area contributed by atoms with Gasteiger partial charge in [0.15, 0.2) is 0 Å². The minimum absolute atomic E-state index is 0.0125. The van der Waals surface area contributed by atoms with Gasteiger partial charge >= 0.3 is 0 Å². The highest BCUT2D eigenvalue weighted by Crippen LogP contribution is 2.22. The van der Waals surface area contributed by atoms with Gasteiger partial charge in [-0.3, -0.25) is 4.79 Å². The summed E-state index contributed by atoms with van der Waals surface area (Å²) in [5.41, 5.74) is 4.94. The molecule has 0 aliphatic carbocycles. The van der Waals surface area contributed by atoms with E-state index < -0.39 is 0 Å². The van der Waals surface area contributed by atoms with Gasteiger partial charge in [-0.25, -0.2) is 0 Å². The Morgan fingerprint density at radius 1 is 1.00 bits per heavy atom. The molecule has 0 aromatic heterocycles. The first-order valence-electron chi connectivity index (χ1n) is 11.7. The Kier molecular flexibility index (Phi) is 17.2. The topological polar surface area (TPSA) is 17.1 Å². The van der Waals surface area contributed by atoms with Crippen LogP contribution in [-0.2, 0) is 4.79 Å². The van der Waals surface area contributed by atoms with Crippen molar-refractivity contribution in [1.29, 1.82) is 0 Å². The molecule has 178 valence electrons. The van der Waals surface area contributed by atoms with E-state index >= 15 is 0 Å². The Hall–Kier alpha value is -1.43. The van der Waals surface area contributed by atoms with E-state index in [0.29, 0.717) is 17.5 Å². The summed E-state index contributed by atoms with van der Waals surface area (Å²) in [5, 5.41) is 0.0125. The van der Waals surface area contributed by atoms with E-state index in [2.05, 4.69) is 105 Å². The molecular weight excluding hydrogens is 431 g/mol. The maximum Gasteiger partial charge on any atom is 0.145 e. The first-order chi connectivity index (χ1) is 15.1. The second kappa shape index (κ2) is 18.0. The number of aldehydes is 1. The molecule has 0 saturated heterocycles. The van der Waals surface area contributed by atoms with Gasteiger partial charge in [0.25, 0.3) is 0 Å². The number of halogens is 1. The molecule has 0 radical (unpaired) electrons. The first-order valence-corrected chi connectivity index (χ1v) is 12.8. The molecular formula is C29H44ClOP. The molecule has 0 fully saturated rings. The molecule has 0 heterocycles. The summed E-state index contributed by atoms with van der Waals surface area (Å²) < 4.78 is 0. The summed E-state index contributed by atoms with van der Waals surface area (Å²) in [6.45, 7) is 14.8. The van der Waals surface area contributed by atoms with E-state index in [1.807, 2.05) is 13.0 Å². The van der Waals surface area contributed by atoms with Crippen molar-refractivity contribution in [2.45, 2.75) is 78.8 Å². The van der Waals surface area contributed by atoms with Crippen LogP contribution in [0.5, 0.6) is 0 Å². The maximum absolute atomic E-state index is 10.6. The molecule has 32 heavy (non-hydrogen) atoms. The summed E-state index contributed by atoms with van der Waals surface area (Å²) >= 11 is 6.62. The summed E-state index contributed by atoms with van der Waals surface area (Å²) in [4.78, 5) is 10.6. The highest BCUT2D eigenvalue weighted by atomic mass is 35.5. The zero-order valence-corrected chi connectivity index (χ0v) is 23.1. The van der Waals surface area contributed by atoms with Gasteiger partial charge in [-0.1, -0.05) is 98.3 Å². The van der Waals surface area contributed by atoms with Crippen molar-refractivity contribution in [2.75, 3.05) is 0 Å². The Labute approximate surface area is 205 Å². The predicted octanol–water partition coefficient (Wildman–Crippen LogP) is 8.95. The molecule has 0 spiro atoms. The van der Waals surface area contributed by atoms with Crippen LogP contribution in [0.2, 0.25) is 0 Å². The molecule has 0 amide bonds. The molecule has 5 unspecified atom stereocenters. The fourth-order valence-electron chi connectivity index (χ4n) is 3.18. The van der Waals surface area contributed by atoms with Crippen LogP contribution >= 0.6 is 20.8 Å². The first kappa shape index (κ1) is 30.6. The van der Waals surface area contributed by atoms with Gasteiger partial charge < -0.3 is 0 Å². The van der Waals surface area contributed by atoms with Crippen molar-refractivity contribution in [2.24, 2.45) is 11.8 Å². The van der Waals surface area contributed by atoms with Crippen LogP contribution < -0.4 is 0 Å². The smallest absolute Gasteiger partial charge is 0.145 e.